The van der Waals surface area contributed by atoms with Crippen molar-refractivity contribution in [3.05, 3.63) is 83.7 Å². The van der Waals surface area contributed by atoms with Gasteiger partial charge in [-0.3, -0.25) is 4.98 Å². The molecule has 0 bridgehead atoms. The second kappa shape index (κ2) is 9.73. The fourth-order valence-electron chi connectivity index (χ4n) is 3.85. The van der Waals surface area contributed by atoms with Gasteiger partial charge in [-0.2, -0.15) is 0 Å². The minimum Gasteiger partial charge on any atom is -0.489 e. The van der Waals surface area contributed by atoms with Crippen LogP contribution in [0, 0.1) is 0 Å². The van der Waals surface area contributed by atoms with Gasteiger partial charge in [0, 0.05) is 31.0 Å². The first-order valence-electron chi connectivity index (χ1n) is 10.4. The number of nitrogens with one attached hydrogen (secondary N) is 1. The zero-order valence-electron chi connectivity index (χ0n) is 17.5. The molecule has 2 N–H and O–H groups in total. The van der Waals surface area contributed by atoms with E-state index in [1.165, 1.54) is 7.11 Å². The van der Waals surface area contributed by atoms with Crippen LogP contribution in [0.3, 0.4) is 0 Å². The van der Waals surface area contributed by atoms with Crippen molar-refractivity contribution in [2.24, 2.45) is 0 Å². The summed E-state index contributed by atoms with van der Waals surface area (Å²) in [7, 11) is 1.39. The quantitative estimate of drug-likeness (QED) is 0.571. The lowest BCUT2D eigenvalue weighted by Crippen LogP contribution is -2.36. The Bertz CT molecular complexity index is 1040. The number of ether oxygens (including phenoxy) is 2. The first-order valence-corrected chi connectivity index (χ1v) is 10.4. The summed E-state index contributed by atoms with van der Waals surface area (Å²) >= 11 is 0. The van der Waals surface area contributed by atoms with E-state index in [4.69, 9.17) is 9.47 Å². The number of esters is 1. The van der Waals surface area contributed by atoms with E-state index in [-0.39, 0.29) is 12.1 Å². The van der Waals surface area contributed by atoms with Gasteiger partial charge >= 0.3 is 5.97 Å². The number of hydrogen-bond donors (Lipinski definition) is 2. The molecular weight excluding hydrogens is 392 g/mol. The molecule has 6 heteroatoms. The van der Waals surface area contributed by atoms with Crippen LogP contribution in [0.1, 0.15) is 34.0 Å². The number of aromatic nitrogens is 1. The predicted octanol–water partition coefficient (Wildman–Crippen LogP) is 3.55. The van der Waals surface area contributed by atoms with Crippen LogP contribution < -0.4 is 10.1 Å². The first kappa shape index (κ1) is 21.0. The van der Waals surface area contributed by atoms with Gasteiger partial charge in [-0.1, -0.05) is 30.3 Å². The number of aliphatic hydroxyl groups is 1. The van der Waals surface area contributed by atoms with E-state index < -0.39 is 6.10 Å². The van der Waals surface area contributed by atoms with Crippen LogP contribution in [-0.4, -0.2) is 42.4 Å². The maximum atomic E-state index is 12.1. The Morgan fingerprint density at radius 1 is 1.26 bits per heavy atom. The van der Waals surface area contributed by atoms with E-state index in [9.17, 15) is 9.90 Å². The molecule has 1 aliphatic heterocycles. The van der Waals surface area contributed by atoms with E-state index in [1.807, 2.05) is 42.5 Å². The molecule has 0 radical (unpaired) electrons. The Morgan fingerprint density at radius 2 is 2.13 bits per heavy atom. The van der Waals surface area contributed by atoms with Gasteiger partial charge in [0.25, 0.3) is 0 Å². The summed E-state index contributed by atoms with van der Waals surface area (Å²) in [4.78, 5) is 16.1. The molecule has 4 rings (SSSR count). The van der Waals surface area contributed by atoms with Crippen molar-refractivity contribution in [1.82, 2.24) is 10.3 Å². The Balaban J connectivity index is 1.38. The molecule has 2 atom stereocenters. The molecule has 31 heavy (non-hydrogen) atoms. The summed E-state index contributed by atoms with van der Waals surface area (Å²) < 4.78 is 11.1. The van der Waals surface area contributed by atoms with Crippen LogP contribution in [0.5, 0.6) is 5.75 Å². The molecule has 1 aliphatic rings. The number of pyridine rings is 1. The van der Waals surface area contributed by atoms with E-state index in [0.29, 0.717) is 18.7 Å². The fraction of sp³-hybridized carbons (Fsp3) is 0.280. The number of nitrogens with zero attached hydrogens (tertiary/aromatic N) is 1. The number of carbonyl (C=O) groups is 1. The highest BCUT2D eigenvalue weighted by Gasteiger charge is 2.21. The van der Waals surface area contributed by atoms with Gasteiger partial charge in [-0.25, -0.2) is 4.79 Å². The smallest absolute Gasteiger partial charge is 0.338 e. The highest BCUT2D eigenvalue weighted by atomic mass is 16.5. The van der Waals surface area contributed by atoms with E-state index >= 15 is 0 Å². The number of benzene rings is 2. The monoisotopic (exact) mass is 418 g/mol. The summed E-state index contributed by atoms with van der Waals surface area (Å²) in [5.41, 5.74) is 4.30. The van der Waals surface area contributed by atoms with Gasteiger partial charge < -0.3 is 19.9 Å². The fourth-order valence-corrected chi connectivity index (χ4v) is 3.85. The zero-order chi connectivity index (χ0) is 21.6. The SMILES string of the molecule is COC(=O)c1ccccc1-c1ccc2c(c1)CC[C@H](CNC[C@@H](O)c1cccnc1)O2. The summed E-state index contributed by atoms with van der Waals surface area (Å²) in [5, 5.41) is 13.5. The number of hydrogen-bond acceptors (Lipinski definition) is 6. The van der Waals surface area contributed by atoms with Crippen LogP contribution in [-0.2, 0) is 11.2 Å². The zero-order valence-corrected chi connectivity index (χ0v) is 17.5. The van der Waals surface area contributed by atoms with E-state index in [2.05, 4.69) is 16.4 Å². The average molecular weight is 418 g/mol. The molecule has 2 aromatic carbocycles. The normalized spacial score (nSPS) is 16.1. The molecule has 1 aromatic heterocycles. The molecular formula is C25H26N2O4. The minimum absolute atomic E-state index is 0.0433. The lowest BCUT2D eigenvalue weighted by atomic mass is 9.94. The summed E-state index contributed by atoms with van der Waals surface area (Å²) in [6.07, 6.45) is 4.59. The molecule has 6 nitrogen and oxygen atoms in total. The number of methoxy groups -OCH3 is 1. The van der Waals surface area contributed by atoms with Crippen molar-refractivity contribution >= 4 is 5.97 Å². The average Bonchev–Trinajstić information content (AvgIpc) is 2.83. The predicted molar refractivity (Wildman–Crippen MR) is 118 cm³/mol. The van der Waals surface area contributed by atoms with Gasteiger partial charge in [-0.15, -0.1) is 0 Å². The molecule has 2 heterocycles. The number of fused-ring (bicyclic) bond motifs is 1. The maximum absolute atomic E-state index is 12.1. The number of rotatable bonds is 7. The highest BCUT2D eigenvalue weighted by molar-refractivity contribution is 5.97. The van der Waals surface area contributed by atoms with E-state index in [0.717, 1.165) is 40.8 Å². The lowest BCUT2D eigenvalue weighted by Gasteiger charge is -2.27. The lowest BCUT2D eigenvalue weighted by molar-refractivity contribution is 0.0601. The third-order valence-electron chi connectivity index (χ3n) is 5.51. The molecule has 3 aromatic rings. The first-order chi connectivity index (χ1) is 15.2. The van der Waals surface area contributed by atoms with Gasteiger partial charge in [0.1, 0.15) is 11.9 Å². The molecule has 0 aliphatic carbocycles. The van der Waals surface area contributed by atoms with Gasteiger partial charge in [0.15, 0.2) is 0 Å². The second-order valence-corrected chi connectivity index (χ2v) is 7.60. The molecule has 0 spiro atoms. The molecule has 0 unspecified atom stereocenters. The molecule has 0 fully saturated rings. The molecule has 0 saturated carbocycles. The van der Waals surface area contributed by atoms with E-state index in [1.54, 1.807) is 18.5 Å². The van der Waals surface area contributed by atoms with Crippen LogP contribution in [0.2, 0.25) is 0 Å². The van der Waals surface area contributed by atoms with Crippen molar-refractivity contribution in [2.45, 2.75) is 25.0 Å². The number of carbonyl (C=O) groups excluding carboxylic acids is 1. The summed E-state index contributed by atoms with van der Waals surface area (Å²) in [6.45, 7) is 1.10. The third kappa shape index (κ3) is 4.93. The van der Waals surface area contributed by atoms with Crippen LogP contribution in [0.25, 0.3) is 11.1 Å². The Morgan fingerprint density at radius 3 is 2.94 bits per heavy atom. The molecule has 0 amide bonds. The van der Waals surface area contributed by atoms with Crippen LogP contribution in [0.15, 0.2) is 67.0 Å². The van der Waals surface area contributed by atoms with Crippen molar-refractivity contribution in [2.75, 3.05) is 20.2 Å². The summed E-state index contributed by atoms with van der Waals surface area (Å²) in [5.74, 6) is 0.523. The third-order valence-corrected chi connectivity index (χ3v) is 5.51. The Kier molecular flexibility index (Phi) is 6.60. The van der Waals surface area contributed by atoms with Crippen molar-refractivity contribution in [3.8, 4) is 16.9 Å². The maximum Gasteiger partial charge on any atom is 0.338 e. The van der Waals surface area contributed by atoms with Gasteiger partial charge in [0.2, 0.25) is 0 Å². The standard InChI is InChI=1S/C25H26N2O4/c1-30-25(29)22-7-3-2-6-21(22)17-9-11-24-18(13-17)8-10-20(31-24)15-27-16-23(28)19-5-4-12-26-14-19/h2-7,9,11-14,20,23,27-28H,8,10,15-16H2,1H3/t20-,23-/m1/s1. The number of aryl methyl sites for hydroxylation is 1. The van der Waals surface area contributed by atoms with Crippen LogP contribution in [0.4, 0.5) is 0 Å². The topological polar surface area (TPSA) is 80.7 Å². The molecule has 0 saturated heterocycles. The van der Waals surface area contributed by atoms with Gasteiger partial charge in [0.05, 0.1) is 18.8 Å². The molecule has 160 valence electrons. The number of aliphatic hydroxyl groups excluding tert-OH is 1. The minimum atomic E-state index is -0.595. The van der Waals surface area contributed by atoms with Crippen molar-refractivity contribution in [3.63, 3.8) is 0 Å². The largest absolute Gasteiger partial charge is 0.489 e. The second-order valence-electron chi connectivity index (χ2n) is 7.60. The Labute approximate surface area is 181 Å². The highest BCUT2D eigenvalue weighted by Crippen LogP contribution is 2.33. The van der Waals surface area contributed by atoms with Crippen molar-refractivity contribution in [1.29, 1.82) is 0 Å². The Hall–Kier alpha value is -3.22. The van der Waals surface area contributed by atoms with Crippen LogP contribution >= 0.6 is 0 Å². The van der Waals surface area contributed by atoms with Crippen molar-refractivity contribution < 1.29 is 19.4 Å². The summed E-state index contributed by atoms with van der Waals surface area (Å²) in [6, 6.07) is 17.2. The van der Waals surface area contributed by atoms with Gasteiger partial charge in [-0.05, 0) is 53.8 Å².